The van der Waals surface area contributed by atoms with E-state index in [1.165, 1.54) is 0 Å². The summed E-state index contributed by atoms with van der Waals surface area (Å²) in [6.07, 6.45) is 3.17. The van der Waals surface area contributed by atoms with Gasteiger partial charge in [-0.05, 0) is 19.1 Å². The Kier molecular flexibility index (Phi) is 3.40. The first kappa shape index (κ1) is 9.67. The quantitative estimate of drug-likeness (QED) is 0.694. The highest BCUT2D eigenvalue weighted by atomic mass is 16.1. The fraction of sp³-hybridized carbons (Fsp3) is 0.333. The van der Waals surface area contributed by atoms with Crippen molar-refractivity contribution in [3.05, 3.63) is 30.1 Å². The summed E-state index contributed by atoms with van der Waals surface area (Å²) in [5.74, 6) is -0.111. The van der Waals surface area contributed by atoms with Gasteiger partial charge in [0.1, 0.15) is 0 Å². The van der Waals surface area contributed by atoms with Gasteiger partial charge in [0.25, 0.3) is 5.91 Å². The molecular weight excluding hydrogens is 166 g/mol. The molecule has 0 spiro atoms. The first-order valence-corrected chi connectivity index (χ1v) is 4.15. The fourth-order valence-corrected chi connectivity index (χ4v) is 0.869. The van der Waals surface area contributed by atoms with E-state index >= 15 is 0 Å². The Balaban J connectivity index is 2.59. The number of carbonyl (C=O) groups is 1. The monoisotopic (exact) mass is 179 g/mol. The lowest BCUT2D eigenvalue weighted by atomic mass is 10.2. The minimum Gasteiger partial charge on any atom is -0.348 e. The number of nitrogens with one attached hydrogen (secondary N) is 1. The van der Waals surface area contributed by atoms with E-state index in [1.54, 1.807) is 24.5 Å². The number of rotatable bonds is 3. The minimum absolute atomic E-state index is 0.000616. The van der Waals surface area contributed by atoms with Crippen molar-refractivity contribution in [2.45, 2.75) is 13.0 Å². The van der Waals surface area contributed by atoms with Crippen molar-refractivity contribution in [3.8, 4) is 0 Å². The van der Waals surface area contributed by atoms with Gasteiger partial charge < -0.3 is 11.1 Å². The SMILES string of the molecule is CC(CN)NC(=O)c1ccncc1. The molecule has 3 N–H and O–H groups in total. The van der Waals surface area contributed by atoms with Crippen molar-refractivity contribution in [1.29, 1.82) is 0 Å². The van der Waals surface area contributed by atoms with E-state index in [9.17, 15) is 4.79 Å². The summed E-state index contributed by atoms with van der Waals surface area (Å²) >= 11 is 0. The van der Waals surface area contributed by atoms with Crippen LogP contribution < -0.4 is 11.1 Å². The van der Waals surface area contributed by atoms with Gasteiger partial charge in [-0.25, -0.2) is 0 Å². The number of aromatic nitrogens is 1. The van der Waals surface area contributed by atoms with Gasteiger partial charge in [-0.1, -0.05) is 0 Å². The van der Waals surface area contributed by atoms with Crippen molar-refractivity contribution in [2.24, 2.45) is 5.73 Å². The fourth-order valence-electron chi connectivity index (χ4n) is 0.869. The normalized spacial score (nSPS) is 12.2. The summed E-state index contributed by atoms with van der Waals surface area (Å²) in [5, 5.41) is 2.75. The predicted molar refractivity (Wildman–Crippen MR) is 50.2 cm³/mol. The van der Waals surface area contributed by atoms with Gasteiger partial charge in [-0.15, -0.1) is 0 Å². The molecule has 1 aromatic heterocycles. The molecule has 4 nitrogen and oxygen atoms in total. The molecule has 70 valence electrons. The topological polar surface area (TPSA) is 68.0 Å². The summed E-state index contributed by atoms with van der Waals surface area (Å²) in [4.78, 5) is 15.2. The van der Waals surface area contributed by atoms with E-state index < -0.39 is 0 Å². The zero-order valence-corrected chi connectivity index (χ0v) is 7.53. The van der Waals surface area contributed by atoms with Crippen molar-refractivity contribution >= 4 is 5.91 Å². The highest BCUT2D eigenvalue weighted by molar-refractivity contribution is 5.94. The molecule has 1 rings (SSSR count). The van der Waals surface area contributed by atoms with E-state index in [0.717, 1.165) is 0 Å². The van der Waals surface area contributed by atoms with E-state index in [-0.39, 0.29) is 11.9 Å². The Morgan fingerprint density at radius 1 is 1.62 bits per heavy atom. The van der Waals surface area contributed by atoms with Crippen LogP contribution in [0.2, 0.25) is 0 Å². The third-order valence-electron chi connectivity index (χ3n) is 1.67. The Labute approximate surface area is 77.2 Å². The summed E-state index contributed by atoms with van der Waals surface area (Å²) in [7, 11) is 0. The lowest BCUT2D eigenvalue weighted by Crippen LogP contribution is -2.37. The van der Waals surface area contributed by atoms with E-state index in [4.69, 9.17) is 5.73 Å². The number of nitrogens with two attached hydrogens (primary N) is 1. The Bertz CT molecular complexity index is 273. The number of amides is 1. The zero-order chi connectivity index (χ0) is 9.68. The lowest BCUT2D eigenvalue weighted by Gasteiger charge is -2.10. The maximum Gasteiger partial charge on any atom is 0.251 e. The molecule has 13 heavy (non-hydrogen) atoms. The molecule has 4 heteroatoms. The van der Waals surface area contributed by atoms with Crippen LogP contribution in [0.15, 0.2) is 24.5 Å². The molecule has 0 saturated heterocycles. The molecule has 0 radical (unpaired) electrons. The molecule has 1 aromatic rings. The van der Waals surface area contributed by atoms with Crippen LogP contribution in [0.4, 0.5) is 0 Å². The van der Waals surface area contributed by atoms with Gasteiger partial charge in [-0.2, -0.15) is 0 Å². The Hall–Kier alpha value is -1.42. The van der Waals surface area contributed by atoms with Crippen molar-refractivity contribution in [1.82, 2.24) is 10.3 Å². The number of nitrogens with zero attached hydrogens (tertiary/aromatic N) is 1. The molecule has 0 aromatic carbocycles. The van der Waals surface area contributed by atoms with E-state index in [0.29, 0.717) is 12.1 Å². The minimum atomic E-state index is -0.111. The summed E-state index contributed by atoms with van der Waals surface area (Å²) in [5.41, 5.74) is 5.98. The highest BCUT2D eigenvalue weighted by Crippen LogP contribution is 1.95. The first-order valence-electron chi connectivity index (χ1n) is 4.15. The van der Waals surface area contributed by atoms with Crippen LogP contribution in [0, 0.1) is 0 Å². The number of pyridine rings is 1. The first-order chi connectivity index (χ1) is 6.24. The van der Waals surface area contributed by atoms with Gasteiger partial charge >= 0.3 is 0 Å². The highest BCUT2D eigenvalue weighted by Gasteiger charge is 2.06. The van der Waals surface area contributed by atoms with Gasteiger partial charge in [0.15, 0.2) is 0 Å². The van der Waals surface area contributed by atoms with Crippen LogP contribution >= 0.6 is 0 Å². The molecule has 0 aliphatic rings. The van der Waals surface area contributed by atoms with Crippen LogP contribution in [-0.2, 0) is 0 Å². The molecule has 0 fully saturated rings. The molecule has 0 aliphatic heterocycles. The molecule has 1 atom stereocenters. The summed E-state index contributed by atoms with van der Waals surface area (Å²) < 4.78 is 0. The molecule has 0 bridgehead atoms. The van der Waals surface area contributed by atoms with Gasteiger partial charge in [-0.3, -0.25) is 9.78 Å². The molecular formula is C9H13N3O. The lowest BCUT2D eigenvalue weighted by molar-refractivity contribution is 0.0941. The van der Waals surface area contributed by atoms with E-state index in [2.05, 4.69) is 10.3 Å². The number of hydrogen-bond acceptors (Lipinski definition) is 3. The van der Waals surface area contributed by atoms with Gasteiger partial charge in [0.2, 0.25) is 0 Å². The average molecular weight is 179 g/mol. The standard InChI is InChI=1S/C9H13N3O/c1-7(6-10)12-9(13)8-2-4-11-5-3-8/h2-5,7H,6,10H2,1H3,(H,12,13). The molecule has 1 heterocycles. The molecule has 0 saturated carbocycles. The maximum absolute atomic E-state index is 11.4. The third-order valence-corrected chi connectivity index (χ3v) is 1.67. The van der Waals surface area contributed by atoms with Crippen LogP contribution in [0.5, 0.6) is 0 Å². The second kappa shape index (κ2) is 4.57. The Morgan fingerprint density at radius 3 is 2.77 bits per heavy atom. The number of hydrogen-bond donors (Lipinski definition) is 2. The zero-order valence-electron chi connectivity index (χ0n) is 7.53. The van der Waals surface area contributed by atoms with E-state index in [1.807, 2.05) is 6.92 Å². The largest absolute Gasteiger partial charge is 0.348 e. The van der Waals surface area contributed by atoms with Crippen LogP contribution in [-0.4, -0.2) is 23.5 Å². The van der Waals surface area contributed by atoms with Gasteiger partial charge in [0.05, 0.1) is 0 Å². The maximum atomic E-state index is 11.4. The smallest absolute Gasteiger partial charge is 0.251 e. The van der Waals surface area contributed by atoms with Crippen LogP contribution in [0.25, 0.3) is 0 Å². The second-order valence-electron chi connectivity index (χ2n) is 2.85. The Morgan fingerprint density at radius 2 is 2.23 bits per heavy atom. The van der Waals surface area contributed by atoms with Crippen molar-refractivity contribution < 1.29 is 4.79 Å². The van der Waals surface area contributed by atoms with Crippen LogP contribution in [0.3, 0.4) is 0 Å². The molecule has 1 unspecified atom stereocenters. The second-order valence-corrected chi connectivity index (χ2v) is 2.85. The average Bonchev–Trinajstić information content (AvgIpc) is 2.19. The number of carbonyl (C=O) groups excluding carboxylic acids is 1. The van der Waals surface area contributed by atoms with Crippen LogP contribution in [0.1, 0.15) is 17.3 Å². The summed E-state index contributed by atoms with van der Waals surface area (Å²) in [6.45, 7) is 2.30. The van der Waals surface area contributed by atoms with Crippen molar-refractivity contribution in [2.75, 3.05) is 6.54 Å². The third kappa shape index (κ3) is 2.83. The van der Waals surface area contributed by atoms with Crippen molar-refractivity contribution in [3.63, 3.8) is 0 Å². The van der Waals surface area contributed by atoms with Gasteiger partial charge in [0, 0.05) is 30.5 Å². The predicted octanol–water partition coefficient (Wildman–Crippen LogP) is 0.159. The molecule has 1 amide bonds. The molecule has 0 aliphatic carbocycles. The summed E-state index contributed by atoms with van der Waals surface area (Å²) in [6, 6.07) is 3.33.